The van der Waals surface area contributed by atoms with E-state index in [4.69, 9.17) is 13.8 Å². The van der Waals surface area contributed by atoms with Crippen LogP contribution in [0, 0.1) is 0 Å². The van der Waals surface area contributed by atoms with Crippen LogP contribution in [0.1, 0.15) is 33.6 Å². The normalized spacial score (nSPS) is 15.6. The Hall–Kier alpha value is -2.92. The Morgan fingerprint density at radius 2 is 1.57 bits per heavy atom. The SMILES string of the molecule is COC(=O)c1ccccc1C(=O)OP(=O)(OC1=[N+](C)CCC1)c1ccccc1. The van der Waals surface area contributed by atoms with Gasteiger partial charge in [-0.05, 0) is 24.3 Å². The van der Waals surface area contributed by atoms with Gasteiger partial charge in [-0.15, -0.1) is 0 Å². The highest BCUT2D eigenvalue weighted by atomic mass is 31.2. The van der Waals surface area contributed by atoms with E-state index in [0.29, 0.717) is 12.3 Å². The Labute approximate surface area is 163 Å². The van der Waals surface area contributed by atoms with Crippen LogP contribution in [0.2, 0.25) is 0 Å². The van der Waals surface area contributed by atoms with Gasteiger partial charge in [0.25, 0.3) is 0 Å². The highest BCUT2D eigenvalue weighted by Gasteiger charge is 2.39. The highest BCUT2D eigenvalue weighted by molar-refractivity contribution is 7.63. The molecule has 1 unspecified atom stereocenters. The molecule has 2 aromatic rings. The highest BCUT2D eigenvalue weighted by Crippen LogP contribution is 2.48. The number of ether oxygens (including phenoxy) is 1. The third kappa shape index (κ3) is 4.15. The van der Waals surface area contributed by atoms with Crippen LogP contribution >= 0.6 is 7.60 Å². The molecule has 0 spiro atoms. The number of rotatable bonds is 5. The second kappa shape index (κ2) is 8.40. The van der Waals surface area contributed by atoms with Crippen LogP contribution in [-0.4, -0.2) is 43.1 Å². The first-order chi connectivity index (χ1) is 13.4. The van der Waals surface area contributed by atoms with Gasteiger partial charge in [0, 0.05) is 6.42 Å². The van der Waals surface area contributed by atoms with E-state index in [-0.39, 0.29) is 16.4 Å². The van der Waals surface area contributed by atoms with Crippen molar-refractivity contribution in [2.24, 2.45) is 0 Å². The predicted octanol–water partition coefficient (Wildman–Crippen LogP) is 3.00. The molecule has 0 aromatic heterocycles. The van der Waals surface area contributed by atoms with Gasteiger partial charge in [-0.3, -0.25) is 0 Å². The van der Waals surface area contributed by atoms with Gasteiger partial charge in [0.15, 0.2) is 0 Å². The second-order valence-electron chi connectivity index (χ2n) is 6.26. The Bertz CT molecular complexity index is 970. The summed E-state index contributed by atoms with van der Waals surface area (Å²) in [5.74, 6) is -1.11. The zero-order chi connectivity index (χ0) is 20.1. The first-order valence-electron chi connectivity index (χ1n) is 8.78. The van der Waals surface area contributed by atoms with Crippen molar-refractivity contribution in [2.45, 2.75) is 12.8 Å². The monoisotopic (exact) mass is 402 g/mol. The summed E-state index contributed by atoms with van der Waals surface area (Å²) >= 11 is 0. The van der Waals surface area contributed by atoms with Gasteiger partial charge in [-0.2, -0.15) is 0 Å². The Balaban J connectivity index is 1.97. The molecule has 1 atom stereocenters. The summed E-state index contributed by atoms with van der Waals surface area (Å²) in [6.45, 7) is 0.767. The molecule has 0 N–H and O–H groups in total. The number of hydrogen-bond acceptors (Lipinski definition) is 6. The van der Waals surface area contributed by atoms with Crippen LogP contribution in [0.4, 0.5) is 0 Å². The molecular formula is C20H21NO6P+. The number of nitrogens with zero attached hydrogens (tertiary/aromatic N) is 1. The summed E-state index contributed by atoms with van der Waals surface area (Å²) in [6, 6.07) is 14.3. The third-order valence-electron chi connectivity index (χ3n) is 4.36. The lowest BCUT2D eigenvalue weighted by atomic mass is 10.1. The van der Waals surface area contributed by atoms with Crippen molar-refractivity contribution in [3.8, 4) is 0 Å². The number of hydrogen-bond donors (Lipinski definition) is 0. The summed E-state index contributed by atoms with van der Waals surface area (Å²) in [5.41, 5.74) is -0.0147. The van der Waals surface area contributed by atoms with E-state index in [0.717, 1.165) is 13.0 Å². The molecule has 0 bridgehead atoms. The molecule has 1 aliphatic heterocycles. The van der Waals surface area contributed by atoms with Crippen LogP contribution in [0.5, 0.6) is 0 Å². The fourth-order valence-corrected chi connectivity index (χ4v) is 4.49. The summed E-state index contributed by atoms with van der Waals surface area (Å²) in [4.78, 5) is 24.8. The van der Waals surface area contributed by atoms with Crippen molar-refractivity contribution in [1.29, 1.82) is 0 Å². The van der Waals surface area contributed by atoms with Crippen molar-refractivity contribution in [3.63, 3.8) is 0 Å². The molecule has 3 rings (SSSR count). The Morgan fingerprint density at radius 1 is 0.964 bits per heavy atom. The molecule has 0 amide bonds. The van der Waals surface area contributed by atoms with E-state index in [1.165, 1.54) is 19.2 Å². The maximum Gasteiger partial charge on any atom is 0.469 e. The van der Waals surface area contributed by atoms with E-state index in [9.17, 15) is 14.2 Å². The van der Waals surface area contributed by atoms with E-state index < -0.39 is 19.5 Å². The summed E-state index contributed by atoms with van der Waals surface area (Å²) in [5, 5.41) is 0.256. The van der Waals surface area contributed by atoms with Crippen LogP contribution in [-0.2, 0) is 18.3 Å². The molecule has 7 nitrogen and oxygen atoms in total. The molecule has 1 aliphatic rings. The largest absolute Gasteiger partial charge is 0.469 e. The number of esters is 1. The summed E-state index contributed by atoms with van der Waals surface area (Å²) in [7, 11) is -0.976. The smallest absolute Gasteiger partial charge is 0.465 e. The zero-order valence-electron chi connectivity index (χ0n) is 15.7. The molecule has 0 fully saturated rings. The topological polar surface area (TPSA) is 81.9 Å². The van der Waals surface area contributed by atoms with E-state index in [2.05, 4.69) is 0 Å². The number of methoxy groups -OCH3 is 1. The molecule has 2 aromatic carbocycles. The Morgan fingerprint density at radius 3 is 2.14 bits per heavy atom. The molecular weight excluding hydrogens is 381 g/mol. The second-order valence-corrected chi connectivity index (χ2v) is 8.14. The molecule has 0 aliphatic carbocycles. The maximum absolute atomic E-state index is 13.6. The molecule has 28 heavy (non-hydrogen) atoms. The minimum absolute atomic E-state index is 0.0280. The summed E-state index contributed by atoms with van der Waals surface area (Å²) < 4.78 is 31.3. The van der Waals surface area contributed by atoms with Crippen molar-refractivity contribution >= 4 is 30.7 Å². The average molecular weight is 402 g/mol. The summed E-state index contributed by atoms with van der Waals surface area (Å²) in [6.07, 6.45) is 1.46. The van der Waals surface area contributed by atoms with E-state index >= 15 is 0 Å². The quantitative estimate of drug-likeness (QED) is 0.435. The van der Waals surface area contributed by atoms with Gasteiger partial charge in [-0.25, -0.2) is 18.7 Å². The molecule has 8 heteroatoms. The average Bonchev–Trinajstić information content (AvgIpc) is 3.12. The van der Waals surface area contributed by atoms with Gasteiger partial charge in [-0.1, -0.05) is 30.3 Å². The fourth-order valence-electron chi connectivity index (χ4n) is 2.88. The van der Waals surface area contributed by atoms with Crippen molar-refractivity contribution in [2.75, 3.05) is 20.7 Å². The van der Waals surface area contributed by atoms with Crippen molar-refractivity contribution < 1.29 is 32.5 Å². The maximum atomic E-state index is 13.6. The van der Waals surface area contributed by atoms with Crippen LogP contribution in [0.25, 0.3) is 0 Å². The van der Waals surface area contributed by atoms with E-state index in [1.54, 1.807) is 42.5 Å². The molecule has 146 valence electrons. The lowest BCUT2D eigenvalue weighted by Gasteiger charge is -2.18. The number of carbonyl (C=O) groups excluding carboxylic acids is 2. The van der Waals surface area contributed by atoms with Crippen LogP contribution < -0.4 is 5.30 Å². The van der Waals surface area contributed by atoms with Gasteiger partial charge < -0.3 is 13.8 Å². The minimum Gasteiger partial charge on any atom is -0.465 e. The van der Waals surface area contributed by atoms with E-state index in [1.807, 2.05) is 11.6 Å². The predicted molar refractivity (Wildman–Crippen MR) is 103 cm³/mol. The third-order valence-corrected chi connectivity index (χ3v) is 6.15. The van der Waals surface area contributed by atoms with Crippen molar-refractivity contribution in [3.05, 3.63) is 65.7 Å². The first-order valence-corrected chi connectivity index (χ1v) is 10.3. The fraction of sp³-hybridized carbons (Fsp3) is 0.250. The van der Waals surface area contributed by atoms with Crippen LogP contribution in [0.3, 0.4) is 0 Å². The van der Waals surface area contributed by atoms with Gasteiger partial charge in [0.2, 0.25) is 0 Å². The van der Waals surface area contributed by atoms with Gasteiger partial charge in [0.1, 0.15) is 13.6 Å². The van der Waals surface area contributed by atoms with Crippen LogP contribution in [0.15, 0.2) is 54.6 Å². The molecule has 1 heterocycles. The molecule has 0 radical (unpaired) electrons. The number of carbonyl (C=O) groups is 2. The minimum atomic E-state index is -4.02. The zero-order valence-corrected chi connectivity index (χ0v) is 16.6. The lowest BCUT2D eigenvalue weighted by Crippen LogP contribution is -2.21. The molecule has 0 saturated heterocycles. The van der Waals surface area contributed by atoms with Gasteiger partial charge >= 0.3 is 25.4 Å². The lowest BCUT2D eigenvalue weighted by molar-refractivity contribution is -0.495. The standard InChI is InChI=1S/C20H21NO6P/c1-21-14-8-13-18(21)26-28(24,15-9-4-3-5-10-15)27-20(23)17-12-7-6-11-16(17)19(22)25-2/h3-7,9-12H,8,13-14H2,1-2H3/q+1. The molecule has 0 saturated carbocycles. The van der Waals surface area contributed by atoms with Crippen molar-refractivity contribution in [1.82, 2.24) is 0 Å². The van der Waals surface area contributed by atoms with Gasteiger partial charge in [0.05, 0.1) is 30.0 Å². The number of benzene rings is 2. The Kier molecular flexibility index (Phi) is 5.95. The first kappa shape index (κ1) is 19.8.